The molecule has 0 radical (unpaired) electrons. The molecule has 4 N–H and O–H groups in total. The number of rotatable bonds is 2. The molecule has 0 aliphatic rings. The Morgan fingerprint density at radius 3 is 2.91 bits per heavy atom. The van der Waals surface area contributed by atoms with Gasteiger partial charge in [0, 0.05) is 18.3 Å². The Kier molecular flexibility index (Phi) is 2.03. The second kappa shape index (κ2) is 2.98. The minimum absolute atomic E-state index is 0.132. The maximum Gasteiger partial charge on any atom is 0.267 e. The summed E-state index contributed by atoms with van der Waals surface area (Å²) in [5.41, 5.74) is 5.07. The van der Waals surface area contributed by atoms with E-state index in [1.807, 2.05) is 0 Å². The molecule has 58 valence electrons. The van der Waals surface area contributed by atoms with E-state index in [9.17, 15) is 4.79 Å². The summed E-state index contributed by atoms with van der Waals surface area (Å²) in [6, 6.07) is 2.88. The molecule has 1 amide bonds. The van der Waals surface area contributed by atoms with Crippen molar-refractivity contribution in [2.24, 2.45) is 11.6 Å². The zero-order valence-corrected chi connectivity index (χ0v) is 5.65. The largest absolute Gasteiger partial charge is 0.411 e. The minimum Gasteiger partial charge on any atom is -0.411 e. The highest BCUT2D eigenvalue weighted by atomic mass is 16.6. The monoisotopic (exact) mass is 153 g/mol. The summed E-state index contributed by atoms with van der Waals surface area (Å²) in [5, 5.41) is 0. The summed E-state index contributed by atoms with van der Waals surface area (Å²) in [4.78, 5) is 18.6. The number of nitrogens with two attached hydrogens (primary N) is 2. The Labute approximate surface area is 62.9 Å². The average molecular weight is 153 g/mol. The number of hydrogen-bond acceptors (Lipinski definition) is 4. The van der Waals surface area contributed by atoms with Crippen LogP contribution in [0.15, 0.2) is 18.3 Å². The molecule has 0 fully saturated rings. The van der Waals surface area contributed by atoms with E-state index in [1.54, 1.807) is 0 Å². The van der Waals surface area contributed by atoms with Crippen molar-refractivity contribution in [1.82, 2.24) is 4.98 Å². The van der Waals surface area contributed by atoms with E-state index in [0.717, 1.165) is 0 Å². The molecule has 1 aromatic rings. The first-order chi connectivity index (χ1) is 5.24. The van der Waals surface area contributed by atoms with Crippen LogP contribution in [-0.2, 0) is 0 Å². The van der Waals surface area contributed by atoms with E-state index in [4.69, 9.17) is 11.6 Å². The van der Waals surface area contributed by atoms with Gasteiger partial charge in [-0.15, -0.1) is 0 Å². The van der Waals surface area contributed by atoms with Gasteiger partial charge >= 0.3 is 0 Å². The number of primary amides is 1. The molecular weight excluding hydrogens is 146 g/mol. The highest BCUT2D eigenvalue weighted by Gasteiger charge is 2.01. The maximum atomic E-state index is 10.5. The van der Waals surface area contributed by atoms with E-state index in [2.05, 4.69) is 9.82 Å². The second-order valence-corrected chi connectivity index (χ2v) is 1.86. The van der Waals surface area contributed by atoms with Crippen LogP contribution < -0.4 is 16.5 Å². The van der Waals surface area contributed by atoms with Crippen molar-refractivity contribution in [1.29, 1.82) is 0 Å². The molecule has 11 heavy (non-hydrogen) atoms. The topological polar surface area (TPSA) is 91.2 Å². The van der Waals surface area contributed by atoms with Crippen LogP contribution in [0.25, 0.3) is 0 Å². The summed E-state index contributed by atoms with van der Waals surface area (Å²) in [7, 11) is 0. The number of carbonyl (C=O) groups is 1. The van der Waals surface area contributed by atoms with Gasteiger partial charge in [0.25, 0.3) is 5.91 Å². The van der Waals surface area contributed by atoms with Gasteiger partial charge in [0.2, 0.25) is 0 Å². The first kappa shape index (κ1) is 7.49. The maximum absolute atomic E-state index is 10.5. The standard InChI is InChI=1S/C6H7N3O2/c7-6(10)5-3-4(11-8)1-2-9-5/h1-3H,8H2,(H2,7,10). The Balaban J connectivity index is 3.01. The van der Waals surface area contributed by atoms with Gasteiger partial charge in [-0.1, -0.05) is 0 Å². The lowest BCUT2D eigenvalue weighted by Gasteiger charge is -1.97. The third-order valence-corrected chi connectivity index (χ3v) is 1.12. The van der Waals surface area contributed by atoms with Gasteiger partial charge in [-0.05, 0) is 0 Å². The van der Waals surface area contributed by atoms with Gasteiger partial charge in [-0.25, -0.2) is 0 Å². The second-order valence-electron chi connectivity index (χ2n) is 1.86. The molecule has 0 aliphatic heterocycles. The fraction of sp³-hybridized carbons (Fsp3) is 0. The van der Waals surface area contributed by atoms with E-state index in [-0.39, 0.29) is 5.69 Å². The lowest BCUT2D eigenvalue weighted by molar-refractivity contribution is 0.0995. The SMILES string of the molecule is NOc1ccnc(C(N)=O)c1. The fourth-order valence-electron chi connectivity index (χ4n) is 0.619. The normalized spacial score (nSPS) is 9.18. The molecule has 1 aromatic heterocycles. The van der Waals surface area contributed by atoms with Crippen molar-refractivity contribution in [3.05, 3.63) is 24.0 Å². The molecule has 1 rings (SSSR count). The first-order valence-corrected chi connectivity index (χ1v) is 2.86. The predicted octanol–water partition coefficient (Wildman–Crippen LogP) is -0.567. The third-order valence-electron chi connectivity index (χ3n) is 1.12. The third kappa shape index (κ3) is 1.65. The van der Waals surface area contributed by atoms with Crippen LogP contribution in [-0.4, -0.2) is 10.9 Å². The van der Waals surface area contributed by atoms with Crippen LogP contribution in [0, 0.1) is 0 Å². The Bertz CT molecular complexity index is 274. The van der Waals surface area contributed by atoms with Crippen molar-refractivity contribution >= 4 is 5.91 Å². The van der Waals surface area contributed by atoms with Gasteiger partial charge in [0.05, 0.1) is 0 Å². The lowest BCUT2D eigenvalue weighted by Crippen LogP contribution is -2.13. The van der Waals surface area contributed by atoms with Crippen molar-refractivity contribution in [3.63, 3.8) is 0 Å². The van der Waals surface area contributed by atoms with Gasteiger partial charge in [-0.2, -0.15) is 5.90 Å². The van der Waals surface area contributed by atoms with Crippen LogP contribution in [0.1, 0.15) is 10.5 Å². The average Bonchev–Trinajstić information content (AvgIpc) is 2.05. The van der Waals surface area contributed by atoms with Crippen LogP contribution in [0.3, 0.4) is 0 Å². The Morgan fingerprint density at radius 2 is 2.36 bits per heavy atom. The first-order valence-electron chi connectivity index (χ1n) is 2.86. The molecule has 0 unspecified atom stereocenters. The minimum atomic E-state index is -0.608. The number of pyridine rings is 1. The van der Waals surface area contributed by atoms with Crippen LogP contribution in [0.2, 0.25) is 0 Å². The molecule has 0 aromatic carbocycles. The molecule has 0 aliphatic carbocycles. The zero-order valence-electron chi connectivity index (χ0n) is 5.65. The van der Waals surface area contributed by atoms with Crippen molar-refractivity contribution in [2.45, 2.75) is 0 Å². The summed E-state index contributed by atoms with van der Waals surface area (Å²) in [6.07, 6.45) is 1.39. The van der Waals surface area contributed by atoms with Crippen molar-refractivity contribution in [3.8, 4) is 5.75 Å². The summed E-state index contributed by atoms with van der Waals surface area (Å²) in [5.74, 6) is 4.59. The van der Waals surface area contributed by atoms with Crippen LogP contribution in [0.4, 0.5) is 0 Å². The molecule has 0 spiro atoms. The highest BCUT2D eigenvalue weighted by Crippen LogP contribution is 2.07. The van der Waals surface area contributed by atoms with Gasteiger partial charge in [0.1, 0.15) is 5.69 Å². The fourth-order valence-corrected chi connectivity index (χ4v) is 0.619. The molecule has 0 saturated heterocycles. The predicted molar refractivity (Wildman–Crippen MR) is 37.6 cm³/mol. The number of aromatic nitrogens is 1. The van der Waals surface area contributed by atoms with Crippen molar-refractivity contribution < 1.29 is 9.63 Å². The molecule has 5 heteroatoms. The Morgan fingerprint density at radius 1 is 1.64 bits per heavy atom. The smallest absolute Gasteiger partial charge is 0.267 e. The number of nitrogens with zero attached hydrogens (tertiary/aromatic N) is 1. The number of carbonyl (C=O) groups excluding carboxylic acids is 1. The van der Waals surface area contributed by atoms with E-state index in [1.165, 1.54) is 18.3 Å². The van der Waals surface area contributed by atoms with E-state index in [0.29, 0.717) is 5.75 Å². The highest BCUT2D eigenvalue weighted by molar-refractivity contribution is 5.91. The van der Waals surface area contributed by atoms with Gasteiger partial charge in [0.15, 0.2) is 5.75 Å². The van der Waals surface area contributed by atoms with E-state index < -0.39 is 5.91 Å². The lowest BCUT2D eigenvalue weighted by atomic mass is 10.3. The van der Waals surface area contributed by atoms with E-state index >= 15 is 0 Å². The van der Waals surface area contributed by atoms with Gasteiger partial charge < -0.3 is 10.6 Å². The van der Waals surface area contributed by atoms with Crippen molar-refractivity contribution in [2.75, 3.05) is 0 Å². The zero-order chi connectivity index (χ0) is 8.27. The number of hydrogen-bond donors (Lipinski definition) is 2. The summed E-state index contributed by atoms with van der Waals surface area (Å²) in [6.45, 7) is 0. The molecule has 0 saturated carbocycles. The molecule has 1 heterocycles. The molecule has 0 bridgehead atoms. The number of amides is 1. The summed E-state index contributed by atoms with van der Waals surface area (Å²) < 4.78 is 0. The Hall–Kier alpha value is -1.62. The summed E-state index contributed by atoms with van der Waals surface area (Å²) >= 11 is 0. The van der Waals surface area contributed by atoms with Crippen LogP contribution >= 0.6 is 0 Å². The molecular formula is C6H7N3O2. The van der Waals surface area contributed by atoms with Crippen LogP contribution in [0.5, 0.6) is 5.75 Å². The van der Waals surface area contributed by atoms with Gasteiger partial charge in [-0.3, -0.25) is 9.78 Å². The molecule has 0 atom stereocenters. The molecule has 5 nitrogen and oxygen atoms in total. The quantitative estimate of drug-likeness (QED) is 0.557.